The lowest BCUT2D eigenvalue weighted by Crippen LogP contribution is -2.30. The number of primary amides is 1. The summed E-state index contributed by atoms with van der Waals surface area (Å²) in [6, 6.07) is 12.6. The Morgan fingerprint density at radius 2 is 1.87 bits per heavy atom. The van der Waals surface area contributed by atoms with Crippen LogP contribution in [-0.2, 0) is 0 Å². The number of nitrogens with two attached hydrogens (primary N) is 2. The minimum Gasteiger partial charge on any atom is -0.399 e. The molecule has 3 rings (SSSR count). The van der Waals surface area contributed by atoms with Gasteiger partial charge >= 0.3 is 6.03 Å². The molecule has 0 saturated heterocycles. The van der Waals surface area contributed by atoms with Crippen LogP contribution >= 0.6 is 15.9 Å². The highest BCUT2D eigenvalue weighted by Gasteiger charge is 2.21. The summed E-state index contributed by atoms with van der Waals surface area (Å²) in [6.45, 7) is 1.80. The van der Waals surface area contributed by atoms with E-state index in [0.29, 0.717) is 17.1 Å². The number of carbonyl (C=O) groups excluding carboxylic acids is 1. The first-order valence-electron chi connectivity index (χ1n) is 6.98. The molecule has 2 aromatic carbocycles. The van der Waals surface area contributed by atoms with Crippen molar-refractivity contribution >= 4 is 39.4 Å². The number of amides is 2. The number of fused-ring (bicyclic) bond motifs is 1. The summed E-state index contributed by atoms with van der Waals surface area (Å²) >= 11 is 3.49. The minimum atomic E-state index is -0.626. The number of hydrazone groups is 1. The van der Waals surface area contributed by atoms with E-state index in [1.165, 1.54) is 5.01 Å². The summed E-state index contributed by atoms with van der Waals surface area (Å²) in [6.07, 6.45) is 1.89. The van der Waals surface area contributed by atoms with Crippen LogP contribution in [0.15, 0.2) is 57.7 Å². The highest BCUT2D eigenvalue weighted by molar-refractivity contribution is 9.10. The molecule has 23 heavy (non-hydrogen) atoms. The third kappa shape index (κ3) is 2.98. The Labute approximate surface area is 142 Å². The molecule has 5 nitrogen and oxygen atoms in total. The molecule has 1 aliphatic heterocycles. The highest BCUT2D eigenvalue weighted by Crippen LogP contribution is 2.27. The van der Waals surface area contributed by atoms with Crippen molar-refractivity contribution in [3.8, 4) is 0 Å². The lowest BCUT2D eigenvalue weighted by atomic mass is 9.97. The minimum absolute atomic E-state index is 0.626. The number of benzene rings is 2. The molecule has 0 saturated carbocycles. The molecule has 116 valence electrons. The molecule has 0 fully saturated rings. The fourth-order valence-electron chi connectivity index (χ4n) is 2.46. The predicted molar refractivity (Wildman–Crippen MR) is 95.7 cm³/mol. The number of nitrogens with zero attached hydrogens (tertiary/aromatic N) is 2. The van der Waals surface area contributed by atoms with Crippen molar-refractivity contribution in [1.82, 2.24) is 5.01 Å². The zero-order valence-corrected chi connectivity index (χ0v) is 14.0. The number of nitrogen functional groups attached to an aromatic ring is 1. The Kier molecular flexibility index (Phi) is 3.92. The molecule has 0 atom stereocenters. The lowest BCUT2D eigenvalue weighted by Gasteiger charge is -2.15. The largest absolute Gasteiger partial charge is 0.399 e. The second-order valence-corrected chi connectivity index (χ2v) is 6.15. The second kappa shape index (κ2) is 5.89. The van der Waals surface area contributed by atoms with E-state index in [9.17, 15) is 4.79 Å². The van der Waals surface area contributed by atoms with Gasteiger partial charge in [0.05, 0.1) is 5.71 Å². The van der Waals surface area contributed by atoms with Crippen LogP contribution in [-0.4, -0.2) is 16.8 Å². The van der Waals surface area contributed by atoms with E-state index in [2.05, 4.69) is 21.0 Å². The van der Waals surface area contributed by atoms with Gasteiger partial charge < -0.3 is 11.5 Å². The molecular formula is C17H15BrN4O. The van der Waals surface area contributed by atoms with E-state index >= 15 is 0 Å². The summed E-state index contributed by atoms with van der Waals surface area (Å²) < 4.78 is 0.929. The zero-order valence-electron chi connectivity index (χ0n) is 12.5. The first-order valence-corrected chi connectivity index (χ1v) is 7.77. The van der Waals surface area contributed by atoms with Gasteiger partial charge in [0.15, 0.2) is 0 Å². The van der Waals surface area contributed by atoms with Crippen LogP contribution in [0.4, 0.5) is 10.5 Å². The van der Waals surface area contributed by atoms with Gasteiger partial charge in [-0.25, -0.2) is 4.79 Å². The number of anilines is 1. The van der Waals surface area contributed by atoms with Crippen LogP contribution in [0.2, 0.25) is 0 Å². The SMILES string of the molecule is CC1=Cc2ccc(Br)cc2C(c2ccc(N)cc2)=NN1C(N)=O. The Bertz CT molecular complexity index is 840. The number of hydrogen-bond acceptors (Lipinski definition) is 3. The van der Waals surface area contributed by atoms with E-state index in [4.69, 9.17) is 11.5 Å². The van der Waals surface area contributed by atoms with Crippen LogP contribution in [0.3, 0.4) is 0 Å². The van der Waals surface area contributed by atoms with Crippen LogP contribution < -0.4 is 11.5 Å². The lowest BCUT2D eigenvalue weighted by molar-refractivity contribution is 0.223. The molecule has 4 N–H and O–H groups in total. The zero-order chi connectivity index (χ0) is 16.6. The third-order valence-electron chi connectivity index (χ3n) is 3.56. The van der Waals surface area contributed by atoms with Gasteiger partial charge in [0.25, 0.3) is 0 Å². The maximum Gasteiger partial charge on any atom is 0.339 e. The van der Waals surface area contributed by atoms with Gasteiger partial charge in [0.1, 0.15) is 0 Å². The number of rotatable bonds is 1. The monoisotopic (exact) mass is 370 g/mol. The summed E-state index contributed by atoms with van der Waals surface area (Å²) in [5, 5.41) is 5.69. The summed E-state index contributed by atoms with van der Waals surface area (Å²) in [5.74, 6) is 0. The van der Waals surface area contributed by atoms with E-state index < -0.39 is 6.03 Å². The van der Waals surface area contributed by atoms with Crippen molar-refractivity contribution in [3.05, 3.63) is 69.3 Å². The molecule has 0 aromatic heterocycles. The normalized spacial score (nSPS) is 13.7. The Morgan fingerprint density at radius 1 is 1.17 bits per heavy atom. The molecule has 2 amide bonds. The van der Waals surface area contributed by atoms with Crippen molar-refractivity contribution in [2.75, 3.05) is 5.73 Å². The highest BCUT2D eigenvalue weighted by atomic mass is 79.9. The average molecular weight is 371 g/mol. The van der Waals surface area contributed by atoms with Gasteiger partial charge in [-0.15, -0.1) is 0 Å². The van der Waals surface area contributed by atoms with Gasteiger partial charge in [-0.3, -0.25) is 0 Å². The van der Waals surface area contributed by atoms with Gasteiger partial charge in [0.2, 0.25) is 0 Å². The maximum absolute atomic E-state index is 11.7. The van der Waals surface area contributed by atoms with Crippen molar-refractivity contribution < 1.29 is 4.79 Å². The van der Waals surface area contributed by atoms with Crippen LogP contribution in [0.5, 0.6) is 0 Å². The Morgan fingerprint density at radius 3 is 2.52 bits per heavy atom. The van der Waals surface area contributed by atoms with Gasteiger partial charge in [-0.05, 0) is 42.8 Å². The van der Waals surface area contributed by atoms with E-state index in [-0.39, 0.29) is 0 Å². The first-order chi connectivity index (χ1) is 11.0. The van der Waals surface area contributed by atoms with E-state index in [0.717, 1.165) is 21.2 Å². The number of urea groups is 1. The number of halogens is 1. The first kappa shape index (κ1) is 15.3. The molecule has 0 unspecified atom stereocenters. The number of carbonyl (C=O) groups is 1. The molecule has 1 aliphatic rings. The maximum atomic E-state index is 11.7. The van der Waals surface area contributed by atoms with Crippen LogP contribution in [0.1, 0.15) is 23.6 Å². The molecule has 0 aliphatic carbocycles. The van der Waals surface area contributed by atoms with Gasteiger partial charge in [-0.1, -0.05) is 34.1 Å². The smallest absolute Gasteiger partial charge is 0.339 e. The summed E-state index contributed by atoms with van der Waals surface area (Å²) in [5.41, 5.74) is 15.9. The Balaban J connectivity index is 2.26. The van der Waals surface area contributed by atoms with Gasteiger partial charge in [-0.2, -0.15) is 10.1 Å². The number of allylic oxidation sites excluding steroid dienone is 1. The average Bonchev–Trinajstić information content (AvgIpc) is 2.64. The molecule has 6 heteroatoms. The fraction of sp³-hybridized carbons (Fsp3) is 0.0588. The van der Waals surface area contributed by atoms with Crippen LogP contribution in [0, 0.1) is 0 Å². The molecule has 0 spiro atoms. The van der Waals surface area contributed by atoms with Crippen molar-refractivity contribution in [2.45, 2.75) is 6.92 Å². The second-order valence-electron chi connectivity index (χ2n) is 5.24. The molecule has 0 bridgehead atoms. The summed E-state index contributed by atoms with van der Waals surface area (Å²) in [7, 11) is 0. The van der Waals surface area contributed by atoms with Crippen molar-refractivity contribution in [2.24, 2.45) is 10.8 Å². The number of hydrogen-bond donors (Lipinski definition) is 2. The molecule has 0 radical (unpaired) electrons. The topological polar surface area (TPSA) is 84.7 Å². The van der Waals surface area contributed by atoms with Gasteiger partial charge in [0, 0.05) is 27.0 Å². The van der Waals surface area contributed by atoms with Crippen LogP contribution in [0.25, 0.3) is 6.08 Å². The summed E-state index contributed by atoms with van der Waals surface area (Å²) in [4.78, 5) is 11.7. The molecule has 1 heterocycles. The van der Waals surface area contributed by atoms with Crippen molar-refractivity contribution in [1.29, 1.82) is 0 Å². The Hall–Kier alpha value is -2.60. The van der Waals surface area contributed by atoms with E-state index in [1.807, 2.05) is 36.4 Å². The standard InChI is InChI=1S/C17H15BrN4O/c1-10-8-12-2-5-13(18)9-15(12)16(21-22(10)17(20)23)11-3-6-14(19)7-4-11/h2-9H,19H2,1H3,(H2,20,23). The third-order valence-corrected chi connectivity index (χ3v) is 4.06. The molecular weight excluding hydrogens is 356 g/mol. The molecule has 2 aromatic rings. The van der Waals surface area contributed by atoms with Crippen molar-refractivity contribution in [3.63, 3.8) is 0 Å². The van der Waals surface area contributed by atoms with E-state index in [1.54, 1.807) is 19.1 Å². The predicted octanol–water partition coefficient (Wildman–Crippen LogP) is 3.54. The fourth-order valence-corrected chi connectivity index (χ4v) is 2.82. The quantitative estimate of drug-likeness (QED) is 0.752.